The fraction of sp³-hybridized carbons (Fsp3) is 0.850. The lowest BCUT2D eigenvalue weighted by Gasteiger charge is -2.56. The molecule has 0 aromatic rings. The Hall–Kier alpha value is -1.59. The molecule has 2 N–H and O–H groups in total. The first-order valence-electron chi connectivity index (χ1n) is 10.4. The molecule has 1 spiro atoms. The Morgan fingerprint density at radius 3 is 2.19 bits per heavy atom. The van der Waals surface area contributed by atoms with Crippen LogP contribution < -0.4 is 10.6 Å². The first kappa shape index (κ1) is 16.6. The van der Waals surface area contributed by atoms with Crippen LogP contribution in [0, 0.1) is 23.2 Å². The van der Waals surface area contributed by atoms with Gasteiger partial charge in [0.05, 0.1) is 0 Å². The van der Waals surface area contributed by atoms with Gasteiger partial charge in [-0.25, -0.2) is 4.79 Å². The zero-order valence-electron chi connectivity index (χ0n) is 15.4. The van der Waals surface area contributed by atoms with E-state index in [1.807, 2.05) is 0 Å². The first-order valence-corrected chi connectivity index (χ1v) is 10.4. The van der Waals surface area contributed by atoms with Crippen molar-refractivity contribution in [2.24, 2.45) is 23.2 Å². The molecule has 0 atom stereocenters. The van der Waals surface area contributed by atoms with Crippen LogP contribution in [0.1, 0.15) is 64.2 Å². The number of amides is 4. The highest BCUT2D eigenvalue weighted by Gasteiger charge is 2.53. The number of carbonyl (C=O) groups is 3. The normalized spacial score (nSPS) is 39.7. The molecule has 6 rings (SSSR count). The summed E-state index contributed by atoms with van der Waals surface area (Å²) in [6.45, 7) is 0.572. The minimum atomic E-state index is -0.725. The molecule has 0 unspecified atom stereocenters. The summed E-state index contributed by atoms with van der Waals surface area (Å²) in [7, 11) is 0. The van der Waals surface area contributed by atoms with Crippen molar-refractivity contribution in [3.63, 3.8) is 0 Å². The maximum Gasteiger partial charge on any atom is 0.325 e. The monoisotopic (exact) mass is 359 g/mol. The minimum absolute atomic E-state index is 0.140. The van der Waals surface area contributed by atoms with E-state index >= 15 is 0 Å². The van der Waals surface area contributed by atoms with Crippen molar-refractivity contribution >= 4 is 17.8 Å². The van der Waals surface area contributed by atoms with Crippen LogP contribution in [0.5, 0.6) is 0 Å². The highest BCUT2D eigenvalue weighted by atomic mass is 16.2. The van der Waals surface area contributed by atoms with Gasteiger partial charge in [-0.15, -0.1) is 0 Å². The van der Waals surface area contributed by atoms with Crippen molar-refractivity contribution in [1.82, 2.24) is 15.5 Å². The smallest absolute Gasteiger partial charge is 0.325 e. The van der Waals surface area contributed by atoms with Crippen molar-refractivity contribution < 1.29 is 14.4 Å². The summed E-state index contributed by atoms with van der Waals surface area (Å²) in [6.07, 6.45) is 11.2. The number of nitrogens with one attached hydrogen (secondary N) is 2. The third-order valence-corrected chi connectivity index (χ3v) is 7.83. The van der Waals surface area contributed by atoms with Gasteiger partial charge in [0, 0.05) is 6.54 Å². The Kier molecular flexibility index (Phi) is 3.63. The molecule has 5 saturated carbocycles. The van der Waals surface area contributed by atoms with E-state index in [1.165, 1.54) is 38.5 Å². The standard InChI is InChI=1S/C20H29N3O3/c24-16(11-23-17(25)20(22-18(23)26)3-1-2-4-20)21-12-19-8-13-5-14(9-19)7-15(6-13)10-19/h13-15H,1-12H2,(H,21,24)(H,22,26). The molecular weight excluding hydrogens is 330 g/mol. The van der Waals surface area contributed by atoms with Crippen molar-refractivity contribution in [2.75, 3.05) is 13.1 Å². The van der Waals surface area contributed by atoms with Gasteiger partial charge in [0.25, 0.3) is 5.91 Å². The molecule has 1 saturated heterocycles. The van der Waals surface area contributed by atoms with Gasteiger partial charge in [0.15, 0.2) is 0 Å². The highest BCUT2D eigenvalue weighted by Crippen LogP contribution is 2.59. The first-order chi connectivity index (χ1) is 12.5. The van der Waals surface area contributed by atoms with Crippen LogP contribution >= 0.6 is 0 Å². The van der Waals surface area contributed by atoms with Gasteiger partial charge in [-0.2, -0.15) is 0 Å². The Bertz CT molecular complexity index is 617. The summed E-state index contributed by atoms with van der Waals surface area (Å²) in [5, 5.41) is 5.92. The number of nitrogens with zero attached hydrogens (tertiary/aromatic N) is 1. The Labute approximate surface area is 154 Å². The lowest BCUT2D eigenvalue weighted by molar-refractivity contribution is -0.135. The van der Waals surface area contributed by atoms with Crippen molar-refractivity contribution in [2.45, 2.75) is 69.7 Å². The van der Waals surface area contributed by atoms with Crippen LogP contribution in [-0.2, 0) is 9.59 Å². The largest absolute Gasteiger partial charge is 0.354 e. The molecule has 0 radical (unpaired) electrons. The number of imide groups is 1. The third-order valence-electron chi connectivity index (χ3n) is 7.83. The van der Waals surface area contributed by atoms with E-state index in [-0.39, 0.29) is 23.8 Å². The lowest BCUT2D eigenvalue weighted by atomic mass is 9.49. The molecule has 0 aromatic carbocycles. The molecule has 6 nitrogen and oxygen atoms in total. The predicted molar refractivity (Wildman–Crippen MR) is 95.1 cm³/mol. The van der Waals surface area contributed by atoms with E-state index in [1.54, 1.807) is 0 Å². The topological polar surface area (TPSA) is 78.5 Å². The highest BCUT2D eigenvalue weighted by molar-refractivity contribution is 6.09. The molecule has 1 heterocycles. The molecule has 4 bridgehead atoms. The number of hydrogen-bond acceptors (Lipinski definition) is 3. The van der Waals surface area contributed by atoms with Gasteiger partial charge in [-0.05, 0) is 74.5 Å². The van der Waals surface area contributed by atoms with Crippen molar-refractivity contribution in [1.29, 1.82) is 0 Å². The molecule has 6 fully saturated rings. The number of hydrogen-bond donors (Lipinski definition) is 2. The van der Waals surface area contributed by atoms with Crippen LogP contribution in [-0.4, -0.2) is 41.4 Å². The summed E-state index contributed by atoms with van der Waals surface area (Å²) < 4.78 is 0. The molecule has 142 valence electrons. The number of carbonyl (C=O) groups excluding carboxylic acids is 3. The third kappa shape index (κ3) is 2.55. The van der Waals surface area contributed by atoms with Crippen LogP contribution in [0.2, 0.25) is 0 Å². The average molecular weight is 359 g/mol. The molecule has 4 amide bonds. The Morgan fingerprint density at radius 1 is 1.04 bits per heavy atom. The van der Waals surface area contributed by atoms with Crippen LogP contribution in [0.15, 0.2) is 0 Å². The summed E-state index contributed by atoms with van der Waals surface area (Å²) in [4.78, 5) is 38.5. The zero-order chi connectivity index (χ0) is 17.9. The summed E-state index contributed by atoms with van der Waals surface area (Å²) in [5.41, 5.74) is -0.453. The molecule has 1 aliphatic heterocycles. The van der Waals surface area contributed by atoms with E-state index < -0.39 is 11.6 Å². The van der Waals surface area contributed by atoms with Gasteiger partial charge in [-0.3, -0.25) is 14.5 Å². The molecule has 26 heavy (non-hydrogen) atoms. The van der Waals surface area contributed by atoms with Gasteiger partial charge in [0.1, 0.15) is 12.1 Å². The van der Waals surface area contributed by atoms with Crippen LogP contribution in [0.3, 0.4) is 0 Å². The van der Waals surface area contributed by atoms with Gasteiger partial charge >= 0.3 is 6.03 Å². The Balaban J connectivity index is 1.19. The summed E-state index contributed by atoms with van der Waals surface area (Å²) in [5.74, 6) is 2.16. The predicted octanol–water partition coefficient (Wildman–Crippen LogP) is 2.18. The van der Waals surface area contributed by atoms with E-state index in [0.717, 1.165) is 35.5 Å². The van der Waals surface area contributed by atoms with Crippen LogP contribution in [0.25, 0.3) is 0 Å². The zero-order valence-corrected chi connectivity index (χ0v) is 15.4. The second-order valence-corrected chi connectivity index (χ2v) is 9.80. The van der Waals surface area contributed by atoms with Crippen LogP contribution in [0.4, 0.5) is 4.79 Å². The van der Waals surface area contributed by atoms with E-state index in [0.29, 0.717) is 19.4 Å². The van der Waals surface area contributed by atoms with Crippen molar-refractivity contribution in [3.8, 4) is 0 Å². The van der Waals surface area contributed by atoms with Gasteiger partial charge < -0.3 is 10.6 Å². The van der Waals surface area contributed by atoms with E-state index in [4.69, 9.17) is 0 Å². The average Bonchev–Trinajstić information content (AvgIpc) is 3.13. The Morgan fingerprint density at radius 2 is 1.62 bits per heavy atom. The van der Waals surface area contributed by atoms with Gasteiger partial charge in [0.2, 0.25) is 5.91 Å². The second-order valence-electron chi connectivity index (χ2n) is 9.80. The number of urea groups is 1. The molecular formula is C20H29N3O3. The van der Waals surface area contributed by atoms with Gasteiger partial charge in [-0.1, -0.05) is 12.8 Å². The van der Waals surface area contributed by atoms with Crippen molar-refractivity contribution in [3.05, 3.63) is 0 Å². The van der Waals surface area contributed by atoms with E-state index in [9.17, 15) is 14.4 Å². The maximum absolute atomic E-state index is 12.7. The maximum atomic E-state index is 12.7. The SMILES string of the molecule is O=C(CN1C(=O)NC2(CCCC2)C1=O)NCC12CC3CC(CC(C3)C1)C2. The quantitative estimate of drug-likeness (QED) is 0.755. The fourth-order valence-corrected chi connectivity index (χ4v) is 7.13. The minimum Gasteiger partial charge on any atom is -0.354 e. The fourth-order valence-electron chi connectivity index (χ4n) is 7.13. The molecule has 6 heteroatoms. The second kappa shape index (κ2) is 5.70. The summed E-state index contributed by atoms with van der Waals surface area (Å²) in [6, 6.07) is -0.401. The van der Waals surface area contributed by atoms with E-state index in [2.05, 4.69) is 10.6 Å². The summed E-state index contributed by atoms with van der Waals surface area (Å²) >= 11 is 0. The molecule has 5 aliphatic carbocycles. The molecule has 6 aliphatic rings. The molecule has 0 aromatic heterocycles. The lowest BCUT2D eigenvalue weighted by Crippen LogP contribution is -2.52. The number of rotatable bonds is 4.